The SMILES string of the molecule is CCCCOc1ccc(NC(=O)CN(CC)CC)c(CC)c1.Cl. The van der Waals surface area contributed by atoms with Crippen LogP contribution in [0.5, 0.6) is 5.75 Å². The lowest BCUT2D eigenvalue weighted by molar-refractivity contribution is -0.117. The highest BCUT2D eigenvalue weighted by Crippen LogP contribution is 2.23. The molecule has 0 fully saturated rings. The second-order valence-electron chi connectivity index (χ2n) is 5.38. The van der Waals surface area contributed by atoms with Crippen molar-refractivity contribution in [1.82, 2.24) is 4.90 Å². The molecule has 1 rings (SSSR count). The molecule has 0 unspecified atom stereocenters. The van der Waals surface area contributed by atoms with Crippen LogP contribution in [0.15, 0.2) is 18.2 Å². The topological polar surface area (TPSA) is 41.6 Å². The largest absolute Gasteiger partial charge is 0.494 e. The number of nitrogens with one attached hydrogen (secondary N) is 1. The molecular formula is C18H31ClN2O2. The van der Waals surface area contributed by atoms with E-state index in [9.17, 15) is 4.79 Å². The molecule has 0 saturated carbocycles. The normalized spacial score (nSPS) is 10.3. The Labute approximate surface area is 147 Å². The first kappa shape index (κ1) is 21.7. The minimum absolute atomic E-state index is 0. The Morgan fingerprint density at radius 1 is 1.17 bits per heavy atom. The molecule has 0 atom stereocenters. The summed E-state index contributed by atoms with van der Waals surface area (Å²) in [5, 5.41) is 3.02. The van der Waals surface area contributed by atoms with Gasteiger partial charge >= 0.3 is 0 Å². The van der Waals surface area contributed by atoms with E-state index in [-0.39, 0.29) is 18.3 Å². The molecule has 23 heavy (non-hydrogen) atoms. The second kappa shape index (κ2) is 12.2. The molecule has 0 aliphatic heterocycles. The number of rotatable bonds is 10. The summed E-state index contributed by atoms with van der Waals surface area (Å²) in [4.78, 5) is 14.2. The van der Waals surface area contributed by atoms with E-state index in [0.717, 1.165) is 56.0 Å². The maximum Gasteiger partial charge on any atom is 0.238 e. The summed E-state index contributed by atoms with van der Waals surface area (Å²) in [7, 11) is 0. The van der Waals surface area contributed by atoms with Crippen LogP contribution in [0.4, 0.5) is 5.69 Å². The van der Waals surface area contributed by atoms with Gasteiger partial charge in [0.15, 0.2) is 0 Å². The van der Waals surface area contributed by atoms with Crippen LogP contribution in [0.3, 0.4) is 0 Å². The summed E-state index contributed by atoms with van der Waals surface area (Å²) in [6, 6.07) is 5.91. The number of nitrogens with zero attached hydrogens (tertiary/aromatic N) is 1. The number of benzene rings is 1. The molecule has 0 spiro atoms. The number of carbonyl (C=O) groups is 1. The third-order valence-electron chi connectivity index (χ3n) is 3.76. The van der Waals surface area contributed by atoms with Gasteiger partial charge in [-0.15, -0.1) is 12.4 Å². The molecule has 4 nitrogen and oxygen atoms in total. The van der Waals surface area contributed by atoms with Crippen LogP contribution in [0.1, 0.15) is 46.1 Å². The molecule has 5 heteroatoms. The molecule has 0 aliphatic carbocycles. The molecule has 0 bridgehead atoms. The van der Waals surface area contributed by atoms with E-state index >= 15 is 0 Å². The number of likely N-dealkylation sites (N-methyl/N-ethyl adjacent to an activating group) is 1. The quantitative estimate of drug-likeness (QED) is 0.650. The molecule has 0 aliphatic rings. The van der Waals surface area contributed by atoms with Gasteiger partial charge in [0.25, 0.3) is 0 Å². The van der Waals surface area contributed by atoms with Gasteiger partial charge in [-0.3, -0.25) is 9.69 Å². The third-order valence-corrected chi connectivity index (χ3v) is 3.76. The van der Waals surface area contributed by atoms with Crippen molar-refractivity contribution in [2.45, 2.75) is 47.0 Å². The number of halogens is 1. The molecule has 1 aromatic rings. The van der Waals surface area contributed by atoms with Crippen LogP contribution in [0, 0.1) is 0 Å². The highest BCUT2D eigenvalue weighted by atomic mass is 35.5. The van der Waals surface area contributed by atoms with Crippen molar-refractivity contribution in [3.63, 3.8) is 0 Å². The fraction of sp³-hybridized carbons (Fsp3) is 0.611. The maximum atomic E-state index is 12.1. The van der Waals surface area contributed by atoms with Crippen molar-refractivity contribution < 1.29 is 9.53 Å². The lowest BCUT2D eigenvalue weighted by atomic mass is 10.1. The highest BCUT2D eigenvalue weighted by Gasteiger charge is 2.10. The van der Waals surface area contributed by atoms with Crippen LogP contribution in [-0.2, 0) is 11.2 Å². The highest BCUT2D eigenvalue weighted by molar-refractivity contribution is 5.93. The van der Waals surface area contributed by atoms with E-state index in [4.69, 9.17) is 4.74 Å². The standard InChI is InChI=1S/C18H30N2O2.ClH/c1-5-9-12-22-16-10-11-17(15(6-2)13-16)19-18(21)14-20(7-3)8-4;/h10-11,13H,5-9,12,14H2,1-4H3,(H,19,21);1H. The molecule has 1 aromatic carbocycles. The van der Waals surface area contributed by atoms with Crippen molar-refractivity contribution in [2.24, 2.45) is 0 Å². The van der Waals surface area contributed by atoms with Crippen molar-refractivity contribution in [1.29, 1.82) is 0 Å². The Morgan fingerprint density at radius 2 is 1.87 bits per heavy atom. The predicted molar refractivity (Wildman–Crippen MR) is 99.9 cm³/mol. The number of ether oxygens (including phenoxy) is 1. The monoisotopic (exact) mass is 342 g/mol. The van der Waals surface area contributed by atoms with Gasteiger partial charge in [-0.05, 0) is 49.7 Å². The van der Waals surface area contributed by atoms with Crippen molar-refractivity contribution in [2.75, 3.05) is 31.6 Å². The Hall–Kier alpha value is -1.26. The number of anilines is 1. The summed E-state index contributed by atoms with van der Waals surface area (Å²) >= 11 is 0. The number of hydrogen-bond donors (Lipinski definition) is 1. The molecule has 0 radical (unpaired) electrons. The molecule has 0 heterocycles. The van der Waals surface area contributed by atoms with Gasteiger partial charge in [0.2, 0.25) is 5.91 Å². The van der Waals surface area contributed by atoms with Crippen LogP contribution >= 0.6 is 12.4 Å². The smallest absolute Gasteiger partial charge is 0.238 e. The van der Waals surface area contributed by atoms with E-state index in [1.807, 2.05) is 18.2 Å². The zero-order valence-electron chi connectivity index (χ0n) is 14.9. The molecule has 1 amide bonds. The zero-order valence-corrected chi connectivity index (χ0v) is 15.7. The molecule has 0 aromatic heterocycles. The van der Waals surface area contributed by atoms with Crippen LogP contribution in [0.2, 0.25) is 0 Å². The van der Waals surface area contributed by atoms with Crippen LogP contribution < -0.4 is 10.1 Å². The Balaban J connectivity index is 0.00000484. The first-order valence-corrected chi connectivity index (χ1v) is 8.42. The van der Waals surface area contributed by atoms with Gasteiger partial charge in [-0.2, -0.15) is 0 Å². The number of hydrogen-bond acceptors (Lipinski definition) is 3. The lowest BCUT2D eigenvalue weighted by Gasteiger charge is -2.18. The van der Waals surface area contributed by atoms with Crippen molar-refractivity contribution in [3.8, 4) is 5.75 Å². The Morgan fingerprint density at radius 3 is 2.43 bits per heavy atom. The summed E-state index contributed by atoms with van der Waals surface area (Å²) in [6.45, 7) is 11.3. The fourth-order valence-electron chi connectivity index (χ4n) is 2.25. The zero-order chi connectivity index (χ0) is 16.4. The van der Waals surface area contributed by atoms with E-state index in [1.54, 1.807) is 0 Å². The second-order valence-corrected chi connectivity index (χ2v) is 5.38. The first-order chi connectivity index (χ1) is 10.6. The number of amides is 1. The third kappa shape index (κ3) is 7.71. The molecule has 132 valence electrons. The van der Waals surface area contributed by atoms with E-state index in [2.05, 4.69) is 37.9 Å². The average Bonchev–Trinajstić information content (AvgIpc) is 2.54. The fourth-order valence-corrected chi connectivity index (χ4v) is 2.25. The predicted octanol–water partition coefficient (Wildman–Crippen LogP) is 4.13. The average molecular weight is 343 g/mol. The Bertz CT molecular complexity index is 462. The Kier molecular flexibility index (Phi) is 11.5. The molecular weight excluding hydrogens is 312 g/mol. The van der Waals surface area contributed by atoms with Gasteiger partial charge in [0.05, 0.1) is 13.2 Å². The molecule has 1 N–H and O–H groups in total. The lowest BCUT2D eigenvalue weighted by Crippen LogP contribution is -2.33. The van der Waals surface area contributed by atoms with Gasteiger partial charge in [0.1, 0.15) is 5.75 Å². The summed E-state index contributed by atoms with van der Waals surface area (Å²) in [5.74, 6) is 0.921. The summed E-state index contributed by atoms with van der Waals surface area (Å²) in [6.07, 6.45) is 3.05. The van der Waals surface area contributed by atoms with Crippen LogP contribution in [0.25, 0.3) is 0 Å². The maximum absolute atomic E-state index is 12.1. The number of unbranched alkanes of at least 4 members (excludes halogenated alkanes) is 1. The van der Waals surface area contributed by atoms with Gasteiger partial charge < -0.3 is 10.1 Å². The summed E-state index contributed by atoms with van der Waals surface area (Å²) in [5.41, 5.74) is 2.00. The minimum atomic E-state index is 0. The van der Waals surface area contributed by atoms with Crippen LogP contribution in [-0.4, -0.2) is 37.0 Å². The van der Waals surface area contributed by atoms with E-state index in [1.165, 1.54) is 0 Å². The first-order valence-electron chi connectivity index (χ1n) is 8.42. The summed E-state index contributed by atoms with van der Waals surface area (Å²) < 4.78 is 5.73. The molecule has 0 saturated heterocycles. The van der Waals surface area contributed by atoms with E-state index < -0.39 is 0 Å². The van der Waals surface area contributed by atoms with E-state index in [0.29, 0.717) is 6.54 Å². The van der Waals surface area contributed by atoms with Crippen molar-refractivity contribution >= 4 is 24.0 Å². The van der Waals surface area contributed by atoms with Gasteiger partial charge in [0, 0.05) is 5.69 Å². The van der Waals surface area contributed by atoms with Gasteiger partial charge in [-0.1, -0.05) is 34.1 Å². The van der Waals surface area contributed by atoms with Gasteiger partial charge in [-0.25, -0.2) is 0 Å². The minimum Gasteiger partial charge on any atom is -0.494 e. The number of aryl methyl sites for hydroxylation is 1. The van der Waals surface area contributed by atoms with Crippen molar-refractivity contribution in [3.05, 3.63) is 23.8 Å². The number of carbonyl (C=O) groups excluding carboxylic acids is 1.